The molecule has 0 radical (unpaired) electrons. The molecule has 2 aromatic carbocycles. The molecule has 0 aromatic heterocycles. The number of aliphatic carboxylic acids is 1. The van der Waals surface area contributed by atoms with Gasteiger partial charge in [0, 0.05) is 16.5 Å². The zero-order chi connectivity index (χ0) is 15.6. The van der Waals surface area contributed by atoms with Crippen LogP contribution in [0.2, 0.25) is 0 Å². The molecule has 0 saturated carbocycles. The molecule has 2 rings (SSSR count). The van der Waals surface area contributed by atoms with Gasteiger partial charge in [0.25, 0.3) is 5.91 Å². The number of carboxylic acid groups (broad SMARTS) is 1. The largest absolute Gasteiger partial charge is 0.481 e. The summed E-state index contributed by atoms with van der Waals surface area (Å²) in [5.74, 6) is -1.81. The van der Waals surface area contributed by atoms with Crippen molar-refractivity contribution in [2.75, 3.05) is 0 Å². The molecular formula is C16H16FNO3. The fourth-order valence-corrected chi connectivity index (χ4v) is 2.26. The van der Waals surface area contributed by atoms with Crippen molar-refractivity contribution in [3.8, 4) is 0 Å². The zero-order valence-corrected chi connectivity index (χ0v) is 11.8. The number of benzene rings is 2. The predicted molar refractivity (Wildman–Crippen MR) is 77.7 cm³/mol. The molecule has 0 unspecified atom stereocenters. The molecular weight excluding hydrogens is 273 g/mol. The third-order valence-corrected chi connectivity index (χ3v) is 3.16. The Kier molecular flexibility index (Phi) is 3.93. The van der Waals surface area contributed by atoms with Crippen molar-refractivity contribution < 1.29 is 19.1 Å². The first-order valence-electron chi connectivity index (χ1n) is 6.52. The van der Waals surface area contributed by atoms with E-state index in [1.165, 1.54) is 12.1 Å². The number of rotatable bonds is 4. The van der Waals surface area contributed by atoms with Crippen LogP contribution in [0.3, 0.4) is 0 Å². The van der Waals surface area contributed by atoms with Crippen LogP contribution in [-0.2, 0) is 4.79 Å². The second-order valence-corrected chi connectivity index (χ2v) is 5.55. The highest BCUT2D eigenvalue weighted by atomic mass is 19.1. The molecule has 110 valence electrons. The average Bonchev–Trinajstić information content (AvgIpc) is 2.37. The summed E-state index contributed by atoms with van der Waals surface area (Å²) in [6.45, 7) is 3.26. The van der Waals surface area contributed by atoms with Gasteiger partial charge in [-0.05, 0) is 31.4 Å². The fourth-order valence-electron chi connectivity index (χ4n) is 2.26. The van der Waals surface area contributed by atoms with E-state index in [9.17, 15) is 14.0 Å². The zero-order valence-electron chi connectivity index (χ0n) is 11.8. The Bertz CT molecular complexity index is 710. The summed E-state index contributed by atoms with van der Waals surface area (Å²) in [6, 6.07) is 9.33. The molecule has 2 N–H and O–H groups in total. The van der Waals surface area contributed by atoms with Gasteiger partial charge in [0.2, 0.25) is 0 Å². The highest BCUT2D eigenvalue weighted by Crippen LogP contribution is 2.22. The van der Waals surface area contributed by atoms with Gasteiger partial charge in [0.05, 0.1) is 6.42 Å². The number of amides is 1. The molecule has 0 heterocycles. The second-order valence-electron chi connectivity index (χ2n) is 5.55. The van der Waals surface area contributed by atoms with Crippen LogP contribution in [-0.4, -0.2) is 22.5 Å². The summed E-state index contributed by atoms with van der Waals surface area (Å²) >= 11 is 0. The molecule has 5 heteroatoms. The lowest BCUT2D eigenvalue weighted by atomic mass is 9.98. The Balaban J connectivity index is 2.37. The van der Waals surface area contributed by atoms with Gasteiger partial charge in [0.15, 0.2) is 0 Å². The van der Waals surface area contributed by atoms with Crippen LogP contribution < -0.4 is 5.32 Å². The van der Waals surface area contributed by atoms with Crippen LogP contribution in [0, 0.1) is 5.82 Å². The molecule has 1 amide bonds. The normalized spacial score (nSPS) is 11.4. The van der Waals surface area contributed by atoms with Gasteiger partial charge in [-0.15, -0.1) is 0 Å². The number of carbonyl (C=O) groups excluding carboxylic acids is 1. The van der Waals surface area contributed by atoms with Crippen molar-refractivity contribution in [2.24, 2.45) is 0 Å². The third kappa shape index (κ3) is 3.37. The van der Waals surface area contributed by atoms with Gasteiger partial charge < -0.3 is 10.4 Å². The first kappa shape index (κ1) is 15.0. The maximum atomic E-state index is 13.7. The van der Waals surface area contributed by atoms with E-state index in [4.69, 9.17) is 5.11 Å². The van der Waals surface area contributed by atoms with Crippen LogP contribution in [0.25, 0.3) is 10.8 Å². The van der Waals surface area contributed by atoms with E-state index in [1.54, 1.807) is 38.1 Å². The number of nitrogens with one attached hydrogen (secondary N) is 1. The number of carbonyl (C=O) groups is 2. The van der Waals surface area contributed by atoms with Crippen LogP contribution in [0.5, 0.6) is 0 Å². The molecule has 4 nitrogen and oxygen atoms in total. The SMILES string of the molecule is CC(C)(CC(=O)O)NC(=O)c1ccc(F)c2ccccc12. The molecule has 0 bridgehead atoms. The molecule has 0 aliphatic heterocycles. The second kappa shape index (κ2) is 5.52. The van der Waals surface area contributed by atoms with Crippen molar-refractivity contribution in [1.29, 1.82) is 0 Å². The van der Waals surface area contributed by atoms with Gasteiger partial charge in [0.1, 0.15) is 5.82 Å². The molecule has 0 saturated heterocycles. The highest BCUT2D eigenvalue weighted by Gasteiger charge is 2.25. The Hall–Kier alpha value is -2.43. The average molecular weight is 289 g/mol. The lowest BCUT2D eigenvalue weighted by Gasteiger charge is -2.24. The smallest absolute Gasteiger partial charge is 0.305 e. The van der Waals surface area contributed by atoms with E-state index in [-0.39, 0.29) is 6.42 Å². The number of hydrogen-bond acceptors (Lipinski definition) is 2. The van der Waals surface area contributed by atoms with E-state index in [2.05, 4.69) is 5.32 Å². The predicted octanol–water partition coefficient (Wildman–Crippen LogP) is 2.96. The minimum Gasteiger partial charge on any atom is -0.481 e. The molecule has 0 spiro atoms. The van der Waals surface area contributed by atoms with Gasteiger partial charge in [-0.2, -0.15) is 0 Å². The molecule has 0 fully saturated rings. The van der Waals surface area contributed by atoms with Crippen molar-refractivity contribution >= 4 is 22.6 Å². The van der Waals surface area contributed by atoms with Gasteiger partial charge in [-0.25, -0.2) is 4.39 Å². The van der Waals surface area contributed by atoms with E-state index in [1.807, 2.05) is 0 Å². The lowest BCUT2D eigenvalue weighted by molar-refractivity contribution is -0.138. The van der Waals surface area contributed by atoms with Crippen molar-refractivity contribution in [3.63, 3.8) is 0 Å². The van der Waals surface area contributed by atoms with Gasteiger partial charge >= 0.3 is 5.97 Å². The fraction of sp³-hybridized carbons (Fsp3) is 0.250. The van der Waals surface area contributed by atoms with Gasteiger partial charge in [-0.3, -0.25) is 9.59 Å². The highest BCUT2D eigenvalue weighted by molar-refractivity contribution is 6.07. The van der Waals surface area contributed by atoms with E-state index in [0.717, 1.165) is 0 Å². The van der Waals surface area contributed by atoms with Gasteiger partial charge in [-0.1, -0.05) is 24.3 Å². The first-order chi connectivity index (χ1) is 9.80. The first-order valence-corrected chi connectivity index (χ1v) is 6.52. The lowest BCUT2D eigenvalue weighted by Crippen LogP contribution is -2.45. The standard InChI is InChI=1S/C16H16FNO3/c1-16(2,9-14(19)20)18-15(21)12-7-8-13(17)11-6-4-3-5-10(11)12/h3-8H,9H2,1-2H3,(H,18,21)(H,19,20). The third-order valence-electron chi connectivity index (χ3n) is 3.16. The molecule has 0 aliphatic rings. The summed E-state index contributed by atoms with van der Waals surface area (Å²) < 4.78 is 13.7. The number of halogens is 1. The van der Waals surface area contributed by atoms with Crippen molar-refractivity contribution in [1.82, 2.24) is 5.32 Å². The molecule has 0 aliphatic carbocycles. The van der Waals surface area contributed by atoms with Crippen LogP contribution in [0.1, 0.15) is 30.6 Å². The van der Waals surface area contributed by atoms with Crippen LogP contribution in [0.15, 0.2) is 36.4 Å². The maximum Gasteiger partial charge on any atom is 0.305 e. The van der Waals surface area contributed by atoms with Crippen molar-refractivity contribution in [3.05, 3.63) is 47.8 Å². The monoisotopic (exact) mass is 289 g/mol. The molecule has 0 atom stereocenters. The summed E-state index contributed by atoms with van der Waals surface area (Å²) in [5.41, 5.74) is -0.566. The van der Waals surface area contributed by atoms with E-state index in [0.29, 0.717) is 16.3 Å². The quantitative estimate of drug-likeness (QED) is 0.909. The Morgan fingerprint density at radius 2 is 1.76 bits per heavy atom. The summed E-state index contributed by atoms with van der Waals surface area (Å²) in [6.07, 6.45) is -0.197. The number of fused-ring (bicyclic) bond motifs is 1. The van der Waals surface area contributed by atoms with Crippen molar-refractivity contribution in [2.45, 2.75) is 25.8 Å². The summed E-state index contributed by atoms with van der Waals surface area (Å²) in [5, 5.41) is 12.4. The number of carboxylic acids is 1. The molecule has 21 heavy (non-hydrogen) atoms. The van der Waals surface area contributed by atoms with Crippen LogP contribution >= 0.6 is 0 Å². The minimum atomic E-state index is -0.996. The Morgan fingerprint density at radius 3 is 2.38 bits per heavy atom. The van der Waals surface area contributed by atoms with Crippen LogP contribution in [0.4, 0.5) is 4.39 Å². The summed E-state index contributed by atoms with van der Waals surface area (Å²) in [7, 11) is 0. The topological polar surface area (TPSA) is 66.4 Å². The Morgan fingerprint density at radius 1 is 1.14 bits per heavy atom. The Labute approximate surface area is 121 Å². The van der Waals surface area contributed by atoms with E-state index >= 15 is 0 Å². The minimum absolute atomic E-state index is 0.197. The van der Waals surface area contributed by atoms with E-state index < -0.39 is 23.2 Å². The number of hydrogen-bond donors (Lipinski definition) is 2. The molecule has 2 aromatic rings. The summed E-state index contributed by atoms with van der Waals surface area (Å²) in [4.78, 5) is 23.1. The maximum absolute atomic E-state index is 13.7.